The highest BCUT2D eigenvalue weighted by atomic mass is 16.6. The highest BCUT2D eigenvalue weighted by Crippen LogP contribution is 2.18. The Hall–Kier alpha value is -2.82. The van der Waals surface area contributed by atoms with Gasteiger partial charge in [-0.2, -0.15) is 0 Å². The number of hydrogen-bond acceptors (Lipinski definition) is 4. The van der Waals surface area contributed by atoms with Gasteiger partial charge in [-0.25, -0.2) is 0 Å². The number of nitrogens with zero attached hydrogens (tertiary/aromatic N) is 1. The molecule has 0 spiro atoms. The number of benzene rings is 2. The van der Waals surface area contributed by atoms with E-state index in [4.69, 9.17) is 0 Å². The first kappa shape index (κ1) is 13.6. The Labute approximate surface area is 115 Å². The summed E-state index contributed by atoms with van der Waals surface area (Å²) in [7, 11) is 0. The molecule has 2 rings (SSSR count). The highest BCUT2D eigenvalue weighted by Gasteiger charge is 2.21. The molecule has 20 heavy (non-hydrogen) atoms. The Morgan fingerprint density at radius 3 is 2.20 bits per heavy atom. The summed E-state index contributed by atoms with van der Waals surface area (Å²) in [5, 5.41) is 10.6. The smallest absolute Gasteiger partial charge is 0.269 e. The molecule has 0 aliphatic rings. The van der Waals surface area contributed by atoms with Crippen LogP contribution >= 0.6 is 0 Å². The lowest BCUT2D eigenvalue weighted by atomic mass is 9.98. The van der Waals surface area contributed by atoms with Crippen molar-refractivity contribution in [2.45, 2.75) is 6.92 Å². The summed E-state index contributed by atoms with van der Waals surface area (Å²) in [5.74, 6) is -1.29. The van der Waals surface area contributed by atoms with Crippen LogP contribution in [0, 0.1) is 17.0 Å². The van der Waals surface area contributed by atoms with Gasteiger partial charge < -0.3 is 0 Å². The number of nitro benzene ring substituents is 1. The molecule has 5 nitrogen and oxygen atoms in total. The number of carbonyl (C=O) groups is 2. The fourth-order valence-electron chi connectivity index (χ4n) is 1.86. The molecule has 0 N–H and O–H groups in total. The fourth-order valence-corrected chi connectivity index (χ4v) is 1.86. The number of ketones is 2. The summed E-state index contributed by atoms with van der Waals surface area (Å²) in [5.41, 5.74) is 0.791. The van der Waals surface area contributed by atoms with Crippen molar-refractivity contribution in [2.24, 2.45) is 0 Å². The van der Waals surface area contributed by atoms with Gasteiger partial charge >= 0.3 is 0 Å². The minimum atomic E-state index is -0.663. The van der Waals surface area contributed by atoms with E-state index in [0.29, 0.717) is 11.1 Å². The van der Waals surface area contributed by atoms with Crippen LogP contribution < -0.4 is 0 Å². The first-order valence-corrected chi connectivity index (χ1v) is 5.90. The lowest BCUT2D eigenvalue weighted by Crippen LogP contribution is -2.15. The number of nitro groups is 1. The zero-order valence-electron chi connectivity index (χ0n) is 10.7. The summed E-state index contributed by atoms with van der Waals surface area (Å²) in [6.45, 7) is 1.57. The number of hydrogen-bond donors (Lipinski definition) is 0. The van der Waals surface area contributed by atoms with E-state index in [1.807, 2.05) is 0 Å². The SMILES string of the molecule is Cc1cc([N+](=O)[O-])ccc1C(=O)C(=O)c1ccccc1. The molecule has 2 aromatic carbocycles. The minimum Gasteiger partial charge on any atom is -0.285 e. The predicted octanol–water partition coefficient (Wildman–Crippen LogP) is 2.97. The van der Waals surface area contributed by atoms with Crippen molar-refractivity contribution >= 4 is 17.3 Å². The maximum Gasteiger partial charge on any atom is 0.269 e. The van der Waals surface area contributed by atoms with E-state index in [1.54, 1.807) is 37.3 Å². The summed E-state index contributed by atoms with van der Waals surface area (Å²) in [4.78, 5) is 34.3. The van der Waals surface area contributed by atoms with Gasteiger partial charge in [-0.15, -0.1) is 0 Å². The molecule has 5 heteroatoms. The Morgan fingerprint density at radius 2 is 1.65 bits per heavy atom. The number of carbonyl (C=O) groups excluding carboxylic acids is 2. The molecule has 0 heterocycles. The quantitative estimate of drug-likeness (QED) is 0.370. The Balaban J connectivity index is 2.35. The molecule has 100 valence electrons. The zero-order valence-corrected chi connectivity index (χ0v) is 10.7. The highest BCUT2D eigenvalue weighted by molar-refractivity contribution is 6.49. The number of aryl methyl sites for hydroxylation is 1. The molecule has 0 aromatic heterocycles. The maximum absolute atomic E-state index is 12.1. The van der Waals surface area contributed by atoms with Crippen LogP contribution in [0.15, 0.2) is 48.5 Å². The van der Waals surface area contributed by atoms with Crippen LogP contribution in [0.25, 0.3) is 0 Å². The van der Waals surface area contributed by atoms with Gasteiger partial charge in [-0.05, 0) is 18.6 Å². The average Bonchev–Trinajstić information content (AvgIpc) is 2.46. The second kappa shape index (κ2) is 5.44. The van der Waals surface area contributed by atoms with Crippen LogP contribution in [-0.2, 0) is 0 Å². The molecule has 0 radical (unpaired) electrons. The normalized spacial score (nSPS) is 10.1. The van der Waals surface area contributed by atoms with Crippen molar-refractivity contribution in [3.63, 3.8) is 0 Å². The van der Waals surface area contributed by atoms with Gasteiger partial charge in [0.05, 0.1) is 4.92 Å². The van der Waals surface area contributed by atoms with Crippen molar-refractivity contribution in [3.8, 4) is 0 Å². The van der Waals surface area contributed by atoms with E-state index >= 15 is 0 Å². The molecular weight excluding hydrogens is 258 g/mol. The molecule has 2 aromatic rings. The van der Waals surface area contributed by atoms with Crippen molar-refractivity contribution in [3.05, 3.63) is 75.3 Å². The van der Waals surface area contributed by atoms with Crippen LogP contribution in [0.3, 0.4) is 0 Å². The Kier molecular flexibility index (Phi) is 3.70. The molecule has 0 amide bonds. The van der Waals surface area contributed by atoms with Crippen molar-refractivity contribution in [2.75, 3.05) is 0 Å². The molecule has 0 saturated carbocycles. The van der Waals surface area contributed by atoms with Gasteiger partial charge in [0.2, 0.25) is 11.6 Å². The largest absolute Gasteiger partial charge is 0.285 e. The van der Waals surface area contributed by atoms with Crippen LogP contribution in [0.2, 0.25) is 0 Å². The minimum absolute atomic E-state index is 0.105. The molecule has 0 unspecified atom stereocenters. The second-order valence-corrected chi connectivity index (χ2v) is 4.28. The van der Waals surface area contributed by atoms with Crippen LogP contribution in [0.5, 0.6) is 0 Å². The van der Waals surface area contributed by atoms with E-state index in [1.165, 1.54) is 18.2 Å². The number of Topliss-reactive ketones (excluding diaryl/α,β-unsaturated/α-hetero) is 2. The van der Waals surface area contributed by atoms with E-state index in [9.17, 15) is 19.7 Å². The van der Waals surface area contributed by atoms with E-state index in [0.717, 1.165) is 0 Å². The van der Waals surface area contributed by atoms with Gasteiger partial charge in [0.15, 0.2) is 0 Å². The fraction of sp³-hybridized carbons (Fsp3) is 0.0667. The molecule has 0 saturated heterocycles. The topological polar surface area (TPSA) is 77.3 Å². The van der Waals surface area contributed by atoms with Crippen molar-refractivity contribution in [1.82, 2.24) is 0 Å². The predicted molar refractivity (Wildman–Crippen MR) is 72.9 cm³/mol. The molecule has 0 bridgehead atoms. The number of non-ortho nitro benzene ring substituents is 1. The van der Waals surface area contributed by atoms with E-state index in [2.05, 4.69) is 0 Å². The van der Waals surface area contributed by atoms with Crippen LogP contribution in [0.4, 0.5) is 5.69 Å². The first-order valence-electron chi connectivity index (χ1n) is 5.90. The third-order valence-electron chi connectivity index (χ3n) is 2.91. The third kappa shape index (κ3) is 2.61. The summed E-state index contributed by atoms with van der Waals surface area (Å²) in [6, 6.07) is 12.0. The third-order valence-corrected chi connectivity index (χ3v) is 2.91. The van der Waals surface area contributed by atoms with Gasteiger partial charge in [0, 0.05) is 23.3 Å². The molecule has 0 aliphatic carbocycles. The summed E-state index contributed by atoms with van der Waals surface area (Å²) in [6.07, 6.45) is 0. The average molecular weight is 269 g/mol. The Bertz CT molecular complexity index is 692. The molecule has 0 aliphatic heterocycles. The van der Waals surface area contributed by atoms with Gasteiger partial charge in [-0.1, -0.05) is 30.3 Å². The summed E-state index contributed by atoms with van der Waals surface area (Å²) < 4.78 is 0. The van der Waals surface area contributed by atoms with E-state index in [-0.39, 0.29) is 11.3 Å². The van der Waals surface area contributed by atoms with Crippen LogP contribution in [0.1, 0.15) is 26.3 Å². The van der Waals surface area contributed by atoms with Gasteiger partial charge in [0.25, 0.3) is 5.69 Å². The molecule has 0 fully saturated rings. The van der Waals surface area contributed by atoms with Crippen molar-refractivity contribution in [1.29, 1.82) is 0 Å². The monoisotopic (exact) mass is 269 g/mol. The van der Waals surface area contributed by atoms with Crippen LogP contribution in [-0.4, -0.2) is 16.5 Å². The van der Waals surface area contributed by atoms with E-state index < -0.39 is 16.5 Å². The van der Waals surface area contributed by atoms with Crippen molar-refractivity contribution < 1.29 is 14.5 Å². The lowest BCUT2D eigenvalue weighted by molar-refractivity contribution is -0.384. The number of rotatable bonds is 4. The molecular formula is C15H11NO4. The first-order chi connectivity index (χ1) is 9.50. The molecule has 0 atom stereocenters. The summed E-state index contributed by atoms with van der Waals surface area (Å²) >= 11 is 0. The van der Waals surface area contributed by atoms with Gasteiger partial charge in [0.1, 0.15) is 0 Å². The Morgan fingerprint density at radius 1 is 1.00 bits per heavy atom. The van der Waals surface area contributed by atoms with Gasteiger partial charge in [-0.3, -0.25) is 19.7 Å². The second-order valence-electron chi connectivity index (χ2n) is 4.28. The maximum atomic E-state index is 12.1. The lowest BCUT2D eigenvalue weighted by Gasteiger charge is -2.04. The zero-order chi connectivity index (χ0) is 14.7. The standard InChI is InChI=1S/C15H11NO4/c1-10-9-12(16(19)20)7-8-13(10)15(18)14(17)11-5-3-2-4-6-11/h2-9H,1H3.